The Labute approximate surface area is 211 Å². The lowest BCUT2D eigenvalue weighted by Gasteiger charge is -2.36. The normalized spacial score (nSPS) is 18.2. The van der Waals surface area contributed by atoms with Crippen LogP contribution < -0.4 is 10.2 Å². The van der Waals surface area contributed by atoms with Crippen molar-refractivity contribution in [2.45, 2.75) is 45.9 Å². The molecular formula is C27H26ClF3O5. The first-order chi connectivity index (χ1) is 16.8. The molecule has 0 amide bonds. The second-order valence-corrected chi connectivity index (χ2v) is 10.4. The van der Waals surface area contributed by atoms with Gasteiger partial charge in [-0.3, -0.25) is 9.59 Å². The number of halogens is 4. The van der Waals surface area contributed by atoms with Gasteiger partial charge in [-0.2, -0.15) is 13.2 Å². The molecule has 36 heavy (non-hydrogen) atoms. The molecule has 0 aliphatic heterocycles. The van der Waals surface area contributed by atoms with E-state index in [2.05, 4.69) is 0 Å². The van der Waals surface area contributed by atoms with Crippen molar-refractivity contribution in [3.8, 4) is 17.1 Å². The lowest BCUT2D eigenvalue weighted by atomic mass is 9.79. The standard InChI is InChI=1S/C27H26ClF3O5/c1-15(32)16-9-18(10-16)34-13-26(2,3)14-35-23-11-17(27(29,30)31)7-8-20(23)24-12-22(33)19-5-4-6-21(28)25(19)36-24/h4-8,11-12,16,18H,9-10,13-14H2,1-3H3/t16-,18+. The van der Waals surface area contributed by atoms with Gasteiger partial charge >= 0.3 is 6.18 Å². The van der Waals surface area contributed by atoms with Gasteiger partial charge in [-0.15, -0.1) is 0 Å². The highest BCUT2D eigenvalue weighted by atomic mass is 35.5. The molecule has 1 aromatic heterocycles. The van der Waals surface area contributed by atoms with Crippen LogP contribution in [0.3, 0.4) is 0 Å². The molecule has 4 rings (SSSR count). The zero-order valence-electron chi connectivity index (χ0n) is 20.1. The number of ketones is 1. The van der Waals surface area contributed by atoms with E-state index in [1.165, 1.54) is 12.1 Å². The first-order valence-corrected chi connectivity index (χ1v) is 11.9. The Morgan fingerprint density at radius 3 is 2.50 bits per heavy atom. The van der Waals surface area contributed by atoms with Gasteiger partial charge in [0.15, 0.2) is 11.0 Å². The molecule has 9 heteroatoms. The van der Waals surface area contributed by atoms with Crippen LogP contribution in [0.25, 0.3) is 22.3 Å². The van der Waals surface area contributed by atoms with E-state index in [4.69, 9.17) is 25.5 Å². The Bertz CT molecular complexity index is 1340. The first-order valence-electron chi connectivity index (χ1n) is 11.5. The average Bonchev–Trinajstić information content (AvgIpc) is 2.76. The van der Waals surface area contributed by atoms with E-state index in [0.29, 0.717) is 19.4 Å². The van der Waals surface area contributed by atoms with Gasteiger partial charge in [0.2, 0.25) is 0 Å². The molecule has 1 fully saturated rings. The summed E-state index contributed by atoms with van der Waals surface area (Å²) in [6.45, 7) is 5.66. The Hall–Kier alpha value is -2.84. The second-order valence-electron chi connectivity index (χ2n) is 9.96. The number of Topliss-reactive ketones (excluding diaryl/α,β-unsaturated/α-hetero) is 1. The number of carbonyl (C=O) groups is 1. The number of alkyl halides is 3. The summed E-state index contributed by atoms with van der Waals surface area (Å²) < 4.78 is 58.0. The number of carbonyl (C=O) groups excluding carboxylic acids is 1. The lowest BCUT2D eigenvalue weighted by Crippen LogP contribution is -2.38. The third kappa shape index (κ3) is 5.76. The van der Waals surface area contributed by atoms with Crippen molar-refractivity contribution in [3.63, 3.8) is 0 Å². The number of hydrogen-bond donors (Lipinski definition) is 0. The summed E-state index contributed by atoms with van der Waals surface area (Å²) in [4.78, 5) is 24.1. The second kappa shape index (κ2) is 9.90. The maximum absolute atomic E-state index is 13.5. The Morgan fingerprint density at radius 1 is 1.11 bits per heavy atom. The van der Waals surface area contributed by atoms with Gasteiger partial charge in [0.1, 0.15) is 17.3 Å². The monoisotopic (exact) mass is 522 g/mol. The van der Waals surface area contributed by atoms with Gasteiger partial charge in [-0.05, 0) is 50.1 Å². The average molecular weight is 523 g/mol. The fourth-order valence-corrected chi connectivity index (χ4v) is 4.20. The van der Waals surface area contributed by atoms with Crippen LogP contribution in [0.2, 0.25) is 5.02 Å². The third-order valence-corrected chi connectivity index (χ3v) is 6.58. The lowest BCUT2D eigenvalue weighted by molar-refractivity contribution is -0.137. The minimum Gasteiger partial charge on any atom is -0.492 e. The van der Waals surface area contributed by atoms with Gasteiger partial charge in [0, 0.05) is 17.4 Å². The molecule has 5 nitrogen and oxygen atoms in total. The van der Waals surface area contributed by atoms with Crippen molar-refractivity contribution >= 4 is 28.4 Å². The van der Waals surface area contributed by atoms with Crippen molar-refractivity contribution in [2.24, 2.45) is 11.3 Å². The third-order valence-electron chi connectivity index (χ3n) is 6.28. The summed E-state index contributed by atoms with van der Waals surface area (Å²) in [6, 6.07) is 8.97. The summed E-state index contributed by atoms with van der Waals surface area (Å²) in [7, 11) is 0. The van der Waals surface area contributed by atoms with Crippen molar-refractivity contribution < 1.29 is 31.9 Å². The van der Waals surface area contributed by atoms with Crippen LogP contribution in [-0.4, -0.2) is 25.1 Å². The molecule has 192 valence electrons. The van der Waals surface area contributed by atoms with E-state index >= 15 is 0 Å². The van der Waals surface area contributed by atoms with Gasteiger partial charge in [0.05, 0.1) is 40.9 Å². The minimum absolute atomic E-state index is 0.0149. The SMILES string of the molecule is CC(=O)[C@H]1C[C@@H](OCC(C)(C)COc2cc(C(F)(F)F)ccc2-c2cc(=O)c3cccc(Cl)c3o2)C1. The molecule has 1 saturated carbocycles. The van der Waals surface area contributed by atoms with Crippen LogP contribution in [0.15, 0.2) is 51.7 Å². The minimum atomic E-state index is -4.58. The van der Waals surface area contributed by atoms with Crippen molar-refractivity contribution in [1.29, 1.82) is 0 Å². The zero-order valence-corrected chi connectivity index (χ0v) is 20.8. The number of fused-ring (bicyclic) bond motifs is 1. The van der Waals surface area contributed by atoms with Crippen LogP contribution in [0, 0.1) is 11.3 Å². The molecule has 1 aliphatic carbocycles. The van der Waals surface area contributed by atoms with Crippen molar-refractivity contribution in [3.05, 3.63) is 63.3 Å². The fourth-order valence-electron chi connectivity index (χ4n) is 3.99. The molecule has 2 aromatic carbocycles. The largest absolute Gasteiger partial charge is 0.492 e. The zero-order chi connectivity index (χ0) is 26.3. The van der Waals surface area contributed by atoms with E-state index in [9.17, 15) is 22.8 Å². The highest BCUT2D eigenvalue weighted by molar-refractivity contribution is 6.34. The van der Waals surface area contributed by atoms with E-state index in [0.717, 1.165) is 12.1 Å². The summed E-state index contributed by atoms with van der Waals surface area (Å²) in [5.74, 6) is 0.152. The molecule has 0 N–H and O–H groups in total. The van der Waals surface area contributed by atoms with E-state index in [1.807, 2.05) is 13.8 Å². The predicted octanol–water partition coefficient (Wildman–Crippen LogP) is 6.92. The summed E-state index contributed by atoms with van der Waals surface area (Å²) in [5, 5.41) is 0.476. The summed E-state index contributed by atoms with van der Waals surface area (Å²) >= 11 is 6.19. The van der Waals surface area contributed by atoms with Gasteiger partial charge in [0.25, 0.3) is 0 Å². The van der Waals surface area contributed by atoms with Gasteiger partial charge in [-0.25, -0.2) is 0 Å². The molecule has 0 saturated heterocycles. The summed E-state index contributed by atoms with van der Waals surface area (Å²) in [5.41, 5.74) is -1.47. The first kappa shape index (κ1) is 26.2. The smallest absolute Gasteiger partial charge is 0.416 e. The molecular weight excluding hydrogens is 497 g/mol. The number of hydrogen-bond acceptors (Lipinski definition) is 5. The fraction of sp³-hybridized carbons (Fsp3) is 0.407. The van der Waals surface area contributed by atoms with Gasteiger partial charge < -0.3 is 13.9 Å². The summed E-state index contributed by atoms with van der Waals surface area (Å²) in [6.07, 6.45) is -3.25. The topological polar surface area (TPSA) is 65.7 Å². The molecule has 0 radical (unpaired) electrons. The Morgan fingerprint density at radius 2 is 1.83 bits per heavy atom. The Kier molecular flexibility index (Phi) is 7.21. The van der Waals surface area contributed by atoms with Crippen molar-refractivity contribution in [1.82, 2.24) is 0 Å². The van der Waals surface area contributed by atoms with Crippen molar-refractivity contribution in [2.75, 3.05) is 13.2 Å². The van der Waals surface area contributed by atoms with E-state index < -0.39 is 17.2 Å². The molecule has 1 heterocycles. The molecule has 0 bridgehead atoms. The number of benzene rings is 2. The quantitative estimate of drug-likeness (QED) is 0.321. The van der Waals surface area contributed by atoms with Crippen LogP contribution in [-0.2, 0) is 15.7 Å². The highest BCUT2D eigenvalue weighted by Crippen LogP contribution is 2.39. The van der Waals surface area contributed by atoms with E-state index in [1.54, 1.807) is 25.1 Å². The van der Waals surface area contributed by atoms with Gasteiger partial charge in [-0.1, -0.05) is 31.5 Å². The number of para-hydroxylation sites is 1. The molecule has 0 unspecified atom stereocenters. The van der Waals surface area contributed by atoms with Crippen LogP contribution in [0.1, 0.15) is 39.2 Å². The number of rotatable bonds is 8. The van der Waals surface area contributed by atoms with Crippen LogP contribution >= 0.6 is 11.6 Å². The molecule has 1 aliphatic rings. The molecule has 0 atom stereocenters. The highest BCUT2D eigenvalue weighted by Gasteiger charge is 2.35. The maximum Gasteiger partial charge on any atom is 0.416 e. The van der Waals surface area contributed by atoms with Crippen LogP contribution in [0.4, 0.5) is 13.2 Å². The number of ether oxygens (including phenoxy) is 2. The van der Waals surface area contributed by atoms with E-state index in [-0.39, 0.29) is 62.9 Å². The predicted molar refractivity (Wildman–Crippen MR) is 130 cm³/mol. The molecule has 3 aromatic rings. The Balaban J connectivity index is 1.59. The molecule has 0 spiro atoms. The van der Waals surface area contributed by atoms with Crippen LogP contribution in [0.5, 0.6) is 5.75 Å². The maximum atomic E-state index is 13.5.